The number of methoxy groups -OCH3 is 2. The molecule has 1 aromatic carbocycles. The lowest BCUT2D eigenvalue weighted by Gasteiger charge is -2.38. The van der Waals surface area contributed by atoms with Gasteiger partial charge in [-0.15, -0.1) is 0 Å². The fraction of sp³-hybridized carbons (Fsp3) is 0.667. The van der Waals surface area contributed by atoms with E-state index in [-0.39, 0.29) is 24.0 Å². The summed E-state index contributed by atoms with van der Waals surface area (Å²) in [5.41, 5.74) is 0.533. The number of nitrogens with zero attached hydrogens (tertiary/aromatic N) is 3. The van der Waals surface area contributed by atoms with Crippen molar-refractivity contribution >= 4 is 11.8 Å². The molecule has 1 N–H and O–H groups in total. The van der Waals surface area contributed by atoms with Crippen molar-refractivity contribution in [2.45, 2.75) is 37.8 Å². The van der Waals surface area contributed by atoms with E-state index in [0.717, 1.165) is 65.1 Å². The molecule has 2 aliphatic rings. The van der Waals surface area contributed by atoms with Crippen molar-refractivity contribution in [1.29, 1.82) is 0 Å². The highest BCUT2D eigenvalue weighted by Crippen LogP contribution is 2.20. The van der Waals surface area contributed by atoms with E-state index in [1.165, 1.54) is 0 Å². The fourth-order valence-electron chi connectivity index (χ4n) is 4.57. The van der Waals surface area contributed by atoms with E-state index in [4.69, 9.17) is 9.47 Å². The molecule has 178 valence electrons. The van der Waals surface area contributed by atoms with E-state index in [9.17, 15) is 9.59 Å². The molecular weight excluding hydrogens is 408 g/mol. The minimum atomic E-state index is -0.142. The van der Waals surface area contributed by atoms with Crippen molar-refractivity contribution in [3.8, 4) is 5.75 Å². The van der Waals surface area contributed by atoms with Crippen LogP contribution < -0.4 is 10.1 Å². The van der Waals surface area contributed by atoms with Crippen LogP contribution in [0, 0.1) is 0 Å². The van der Waals surface area contributed by atoms with Crippen molar-refractivity contribution in [2.24, 2.45) is 0 Å². The summed E-state index contributed by atoms with van der Waals surface area (Å²) in [4.78, 5) is 32.0. The summed E-state index contributed by atoms with van der Waals surface area (Å²) >= 11 is 0. The summed E-state index contributed by atoms with van der Waals surface area (Å²) in [6.07, 6.45) is 3.21. The van der Waals surface area contributed by atoms with Crippen molar-refractivity contribution < 1.29 is 19.1 Å². The van der Waals surface area contributed by atoms with Gasteiger partial charge in [-0.25, -0.2) is 0 Å². The predicted octanol–water partition coefficient (Wildman–Crippen LogP) is 1.46. The average Bonchev–Trinajstić information content (AvgIpc) is 3.04. The number of rotatable bonds is 8. The van der Waals surface area contributed by atoms with Crippen molar-refractivity contribution in [2.75, 3.05) is 67.1 Å². The Labute approximate surface area is 191 Å². The van der Waals surface area contributed by atoms with Crippen LogP contribution >= 0.6 is 0 Å². The van der Waals surface area contributed by atoms with Crippen LogP contribution in [0.3, 0.4) is 0 Å². The van der Waals surface area contributed by atoms with Gasteiger partial charge in [0.15, 0.2) is 0 Å². The number of carbonyl (C=O) groups is 2. The molecule has 0 bridgehead atoms. The molecule has 8 nitrogen and oxygen atoms in total. The highest BCUT2D eigenvalue weighted by atomic mass is 16.5. The van der Waals surface area contributed by atoms with E-state index < -0.39 is 0 Å². The molecule has 2 aliphatic heterocycles. The zero-order valence-corrected chi connectivity index (χ0v) is 19.7. The Balaban J connectivity index is 1.44. The maximum Gasteiger partial charge on any atom is 0.255 e. The van der Waals surface area contributed by atoms with Crippen LogP contribution in [0.4, 0.5) is 0 Å². The molecule has 0 spiro atoms. The first-order valence-corrected chi connectivity index (χ1v) is 11.7. The second-order valence-electron chi connectivity index (χ2n) is 8.78. The van der Waals surface area contributed by atoms with Crippen LogP contribution in [0.2, 0.25) is 0 Å². The highest BCUT2D eigenvalue weighted by molar-refractivity contribution is 5.97. The summed E-state index contributed by atoms with van der Waals surface area (Å²) in [5.74, 6) is 0.691. The molecular formula is C24H38N4O4. The Hall–Kier alpha value is -2.16. The molecule has 2 atom stereocenters. The number of likely N-dealkylation sites (tertiary alicyclic amines) is 1. The van der Waals surface area contributed by atoms with Gasteiger partial charge in [-0.1, -0.05) is 12.1 Å². The van der Waals surface area contributed by atoms with Crippen molar-refractivity contribution in [1.82, 2.24) is 20.0 Å². The van der Waals surface area contributed by atoms with Gasteiger partial charge in [-0.05, 0) is 51.5 Å². The average molecular weight is 447 g/mol. The largest absolute Gasteiger partial charge is 0.496 e. The van der Waals surface area contributed by atoms with Gasteiger partial charge in [0.1, 0.15) is 5.75 Å². The molecule has 0 aromatic heterocycles. The van der Waals surface area contributed by atoms with Crippen LogP contribution in [0.15, 0.2) is 24.3 Å². The quantitative estimate of drug-likeness (QED) is 0.652. The van der Waals surface area contributed by atoms with E-state index in [0.29, 0.717) is 17.7 Å². The number of piperidine rings is 1. The van der Waals surface area contributed by atoms with Crippen LogP contribution in [-0.4, -0.2) is 106 Å². The Morgan fingerprint density at radius 1 is 1.09 bits per heavy atom. The number of likely N-dealkylation sites (N-methyl/N-ethyl adjacent to an activating group) is 1. The third kappa shape index (κ3) is 6.67. The lowest BCUT2D eigenvalue weighted by atomic mass is 10.0. The number of hydrogen-bond acceptors (Lipinski definition) is 6. The second kappa shape index (κ2) is 12.2. The maximum absolute atomic E-state index is 12.8. The molecule has 1 aromatic rings. The first-order chi connectivity index (χ1) is 15.5. The van der Waals surface area contributed by atoms with Crippen molar-refractivity contribution in [3.05, 3.63) is 29.8 Å². The molecule has 0 radical (unpaired) electrons. The lowest BCUT2D eigenvalue weighted by molar-refractivity contribution is -0.131. The normalized spacial score (nSPS) is 22.9. The van der Waals surface area contributed by atoms with Crippen LogP contribution in [0.5, 0.6) is 5.75 Å². The Morgan fingerprint density at radius 3 is 2.69 bits per heavy atom. The Kier molecular flexibility index (Phi) is 9.32. The topological polar surface area (TPSA) is 74.4 Å². The van der Waals surface area contributed by atoms with Gasteiger partial charge in [0.2, 0.25) is 5.91 Å². The van der Waals surface area contributed by atoms with E-state index >= 15 is 0 Å². The summed E-state index contributed by atoms with van der Waals surface area (Å²) in [5, 5.41) is 3.12. The standard InChI is InChI=1S/C24H38N4O4/c1-26-12-7-14-28(17-16-26)23(29)10-6-13-27-15-11-20(22(18-27)32-3)25-24(30)19-8-4-5-9-21(19)31-2/h4-5,8-9,20,22H,6-7,10-18H2,1-3H3,(H,25,30). The number of benzene rings is 1. The SMILES string of the molecule is COc1ccccc1C(=O)NC1CCN(CCCC(=O)N2CCCN(C)CC2)CC1OC. The number of nitrogens with one attached hydrogen (secondary N) is 1. The molecule has 2 heterocycles. The molecule has 32 heavy (non-hydrogen) atoms. The predicted molar refractivity (Wildman–Crippen MR) is 124 cm³/mol. The number of amides is 2. The zero-order chi connectivity index (χ0) is 22.9. The molecule has 8 heteroatoms. The van der Waals surface area contributed by atoms with Gasteiger partial charge < -0.3 is 29.5 Å². The fourth-order valence-corrected chi connectivity index (χ4v) is 4.57. The molecule has 3 rings (SSSR count). The van der Waals surface area contributed by atoms with Gasteiger partial charge in [0, 0.05) is 46.3 Å². The highest BCUT2D eigenvalue weighted by Gasteiger charge is 2.31. The van der Waals surface area contributed by atoms with Gasteiger partial charge in [0.25, 0.3) is 5.91 Å². The lowest BCUT2D eigenvalue weighted by Crippen LogP contribution is -2.55. The van der Waals surface area contributed by atoms with Gasteiger partial charge >= 0.3 is 0 Å². The number of hydrogen-bond donors (Lipinski definition) is 1. The van der Waals surface area contributed by atoms with E-state index in [1.54, 1.807) is 26.4 Å². The molecule has 2 saturated heterocycles. The van der Waals surface area contributed by atoms with E-state index in [2.05, 4.69) is 22.2 Å². The van der Waals surface area contributed by atoms with Crippen LogP contribution in [0.25, 0.3) is 0 Å². The van der Waals surface area contributed by atoms with Crippen molar-refractivity contribution in [3.63, 3.8) is 0 Å². The summed E-state index contributed by atoms with van der Waals surface area (Å²) in [6.45, 7) is 6.20. The minimum Gasteiger partial charge on any atom is -0.496 e. The Bertz CT molecular complexity index is 759. The third-order valence-electron chi connectivity index (χ3n) is 6.55. The summed E-state index contributed by atoms with van der Waals surface area (Å²) < 4.78 is 11.0. The van der Waals surface area contributed by atoms with Gasteiger partial charge in [-0.2, -0.15) is 0 Å². The summed E-state index contributed by atoms with van der Waals surface area (Å²) in [7, 11) is 5.37. The second-order valence-corrected chi connectivity index (χ2v) is 8.78. The van der Waals surface area contributed by atoms with Gasteiger partial charge in [0.05, 0.1) is 24.8 Å². The monoisotopic (exact) mass is 446 g/mol. The zero-order valence-electron chi connectivity index (χ0n) is 19.7. The summed E-state index contributed by atoms with van der Waals surface area (Å²) in [6, 6.07) is 7.19. The number of para-hydroxylation sites is 1. The third-order valence-corrected chi connectivity index (χ3v) is 6.55. The Morgan fingerprint density at radius 2 is 1.91 bits per heavy atom. The van der Waals surface area contributed by atoms with E-state index in [1.807, 2.05) is 17.0 Å². The number of ether oxygens (including phenoxy) is 2. The van der Waals surface area contributed by atoms with Crippen LogP contribution in [-0.2, 0) is 9.53 Å². The van der Waals surface area contributed by atoms with Crippen LogP contribution in [0.1, 0.15) is 36.0 Å². The number of carbonyl (C=O) groups excluding carboxylic acids is 2. The first-order valence-electron chi connectivity index (χ1n) is 11.7. The maximum atomic E-state index is 12.8. The molecule has 2 fully saturated rings. The molecule has 2 unspecified atom stereocenters. The van der Waals surface area contributed by atoms with Gasteiger partial charge in [-0.3, -0.25) is 9.59 Å². The first kappa shape index (κ1) is 24.5. The molecule has 2 amide bonds. The molecule has 0 saturated carbocycles. The molecule has 0 aliphatic carbocycles. The minimum absolute atomic E-state index is 0.0515. The smallest absolute Gasteiger partial charge is 0.255 e.